The minimum atomic E-state index is 0.619. The highest BCUT2D eigenvalue weighted by molar-refractivity contribution is 6.44. The van der Waals surface area contributed by atoms with Crippen molar-refractivity contribution in [2.24, 2.45) is 20.0 Å². The fraction of sp³-hybridized carbons (Fsp3) is 0.333. The van der Waals surface area contributed by atoms with Crippen molar-refractivity contribution in [1.29, 1.82) is 0 Å². The Labute approximate surface area is 113 Å². The van der Waals surface area contributed by atoms with Crippen molar-refractivity contribution in [3.05, 3.63) is 36.1 Å². The number of amidine groups is 2. The van der Waals surface area contributed by atoms with Crippen LogP contribution in [-0.4, -0.2) is 31.1 Å². The zero-order chi connectivity index (χ0) is 13.5. The van der Waals surface area contributed by atoms with Gasteiger partial charge in [-0.15, -0.1) is 0 Å². The molecule has 2 rings (SSSR count). The molecule has 0 amide bonds. The number of hydrogen-bond acceptors (Lipinski definition) is 2. The molecule has 0 unspecified atom stereocenters. The van der Waals surface area contributed by atoms with Crippen LogP contribution in [0.15, 0.2) is 56.0 Å². The summed E-state index contributed by atoms with van der Waals surface area (Å²) in [7, 11) is 1.73. The van der Waals surface area contributed by atoms with Gasteiger partial charge in [0.05, 0.1) is 5.71 Å². The Hall–Kier alpha value is -2.10. The maximum Gasteiger partial charge on any atom is 0.171 e. The lowest BCUT2D eigenvalue weighted by atomic mass is 10.1. The van der Waals surface area contributed by atoms with Gasteiger partial charge in [0.1, 0.15) is 0 Å². The Bertz CT molecular complexity index is 530. The molecule has 0 aromatic rings. The molecular formula is C15H18N4. The number of allylic oxidation sites excluding steroid dienone is 3. The van der Waals surface area contributed by atoms with Crippen LogP contribution in [0.1, 0.15) is 25.7 Å². The van der Waals surface area contributed by atoms with Gasteiger partial charge in [-0.1, -0.05) is 24.3 Å². The van der Waals surface area contributed by atoms with Gasteiger partial charge in [0.2, 0.25) is 0 Å². The highest BCUT2D eigenvalue weighted by Crippen LogP contribution is 2.13. The Morgan fingerprint density at radius 1 is 1.21 bits per heavy atom. The van der Waals surface area contributed by atoms with Crippen molar-refractivity contribution < 1.29 is 0 Å². The van der Waals surface area contributed by atoms with Gasteiger partial charge in [0, 0.05) is 18.8 Å². The van der Waals surface area contributed by atoms with Gasteiger partial charge in [0.15, 0.2) is 11.7 Å². The van der Waals surface area contributed by atoms with Gasteiger partial charge in [-0.25, -0.2) is 9.98 Å². The van der Waals surface area contributed by atoms with Crippen LogP contribution < -0.4 is 0 Å². The summed E-state index contributed by atoms with van der Waals surface area (Å²) >= 11 is 0. The molecule has 0 bridgehead atoms. The van der Waals surface area contributed by atoms with E-state index in [2.05, 4.69) is 38.8 Å². The molecule has 0 aromatic carbocycles. The number of nitrogens with zero attached hydrogens (tertiary/aromatic N) is 4. The van der Waals surface area contributed by atoms with Gasteiger partial charge < -0.3 is 0 Å². The Balaban J connectivity index is 2.27. The second kappa shape index (κ2) is 6.73. The molecule has 1 aliphatic heterocycles. The predicted molar refractivity (Wildman–Crippen MR) is 82.6 cm³/mol. The lowest BCUT2D eigenvalue weighted by Gasteiger charge is -2.09. The summed E-state index contributed by atoms with van der Waals surface area (Å²) in [6.07, 6.45) is 14.1. The molecule has 2 aliphatic rings. The smallest absolute Gasteiger partial charge is 0.171 e. The first-order chi connectivity index (χ1) is 9.35. The van der Waals surface area contributed by atoms with Crippen molar-refractivity contribution in [1.82, 2.24) is 0 Å². The van der Waals surface area contributed by atoms with Gasteiger partial charge in [0.25, 0.3) is 0 Å². The first-order valence-electron chi connectivity index (χ1n) is 6.46. The summed E-state index contributed by atoms with van der Waals surface area (Å²) in [4.78, 5) is 17.1. The van der Waals surface area contributed by atoms with Gasteiger partial charge in [-0.05, 0) is 32.4 Å². The SMILES string of the molecule is C=NC(=NC(=NC)C1=NC=CCC1)C1=CCCC=C1. The molecule has 0 fully saturated rings. The summed E-state index contributed by atoms with van der Waals surface area (Å²) in [5.74, 6) is 1.26. The molecule has 98 valence electrons. The van der Waals surface area contributed by atoms with Crippen LogP contribution in [0, 0.1) is 0 Å². The average molecular weight is 254 g/mol. The number of aliphatic imine (C=N–C) groups is 4. The largest absolute Gasteiger partial charge is 0.269 e. The zero-order valence-electron chi connectivity index (χ0n) is 11.2. The Morgan fingerprint density at radius 2 is 2.11 bits per heavy atom. The van der Waals surface area contributed by atoms with E-state index in [1.54, 1.807) is 13.2 Å². The van der Waals surface area contributed by atoms with Crippen molar-refractivity contribution in [2.45, 2.75) is 25.7 Å². The summed E-state index contributed by atoms with van der Waals surface area (Å²) in [5.41, 5.74) is 1.92. The average Bonchev–Trinajstić information content (AvgIpc) is 2.50. The van der Waals surface area contributed by atoms with E-state index >= 15 is 0 Å². The molecular weight excluding hydrogens is 236 g/mol. The fourth-order valence-electron chi connectivity index (χ4n) is 1.99. The normalized spacial score (nSPS) is 20.1. The van der Waals surface area contributed by atoms with Crippen LogP contribution in [0.4, 0.5) is 0 Å². The molecule has 0 aromatic heterocycles. The van der Waals surface area contributed by atoms with Crippen LogP contribution in [-0.2, 0) is 0 Å². The zero-order valence-corrected chi connectivity index (χ0v) is 11.2. The molecule has 4 nitrogen and oxygen atoms in total. The second-order valence-corrected chi connectivity index (χ2v) is 4.28. The van der Waals surface area contributed by atoms with Crippen molar-refractivity contribution in [3.63, 3.8) is 0 Å². The fourth-order valence-corrected chi connectivity index (χ4v) is 1.99. The van der Waals surface area contributed by atoms with E-state index in [4.69, 9.17) is 0 Å². The van der Waals surface area contributed by atoms with Crippen LogP contribution >= 0.6 is 0 Å². The molecule has 0 N–H and O–H groups in total. The third-order valence-electron chi connectivity index (χ3n) is 2.97. The second-order valence-electron chi connectivity index (χ2n) is 4.28. The molecule has 4 heteroatoms. The van der Waals surface area contributed by atoms with Crippen LogP contribution in [0.5, 0.6) is 0 Å². The number of hydrogen-bond donors (Lipinski definition) is 0. The Kier molecular flexibility index (Phi) is 4.72. The molecule has 0 atom stereocenters. The third kappa shape index (κ3) is 3.44. The maximum absolute atomic E-state index is 4.51. The van der Waals surface area contributed by atoms with E-state index < -0.39 is 0 Å². The van der Waals surface area contributed by atoms with Crippen molar-refractivity contribution >= 4 is 24.1 Å². The van der Waals surface area contributed by atoms with Gasteiger partial charge in [-0.3, -0.25) is 9.98 Å². The van der Waals surface area contributed by atoms with E-state index in [9.17, 15) is 0 Å². The summed E-state index contributed by atoms with van der Waals surface area (Å²) in [6.45, 7) is 3.60. The van der Waals surface area contributed by atoms with Crippen LogP contribution in [0.3, 0.4) is 0 Å². The van der Waals surface area contributed by atoms with E-state index in [1.165, 1.54) is 0 Å². The van der Waals surface area contributed by atoms with Gasteiger partial charge >= 0.3 is 0 Å². The van der Waals surface area contributed by atoms with Crippen molar-refractivity contribution in [3.8, 4) is 0 Å². The quantitative estimate of drug-likeness (QED) is 0.537. The summed E-state index contributed by atoms with van der Waals surface area (Å²) in [6, 6.07) is 0. The minimum absolute atomic E-state index is 0.619. The maximum atomic E-state index is 4.51. The van der Waals surface area contributed by atoms with Crippen LogP contribution in [0.2, 0.25) is 0 Å². The molecule has 0 saturated heterocycles. The molecule has 19 heavy (non-hydrogen) atoms. The first kappa shape index (κ1) is 13.3. The molecule has 0 saturated carbocycles. The molecule has 1 aliphatic carbocycles. The highest BCUT2D eigenvalue weighted by Gasteiger charge is 2.12. The van der Waals surface area contributed by atoms with Crippen molar-refractivity contribution in [2.75, 3.05) is 7.05 Å². The van der Waals surface area contributed by atoms with Gasteiger partial charge in [-0.2, -0.15) is 0 Å². The predicted octanol–water partition coefficient (Wildman–Crippen LogP) is 3.14. The molecule has 1 heterocycles. The standard InChI is InChI=1S/C15H18N4/c1-16-14(12-8-4-3-5-9-12)19-15(17-2)13-10-6-7-11-18-13/h4,7-9,11H,1,3,5-6,10H2,2H3. The lowest BCUT2D eigenvalue weighted by molar-refractivity contribution is 1.03. The van der Waals surface area contributed by atoms with Crippen LogP contribution in [0.25, 0.3) is 0 Å². The summed E-state index contributed by atoms with van der Waals surface area (Å²) in [5, 5.41) is 0. The third-order valence-corrected chi connectivity index (χ3v) is 2.97. The van der Waals surface area contributed by atoms with E-state index in [1.807, 2.05) is 12.2 Å². The summed E-state index contributed by atoms with van der Waals surface area (Å²) < 4.78 is 0. The molecule has 0 radical (unpaired) electrons. The minimum Gasteiger partial charge on any atom is -0.269 e. The lowest BCUT2D eigenvalue weighted by Crippen LogP contribution is -2.16. The number of rotatable bonds is 2. The Morgan fingerprint density at radius 3 is 2.68 bits per heavy atom. The highest BCUT2D eigenvalue weighted by atomic mass is 15.0. The van der Waals surface area contributed by atoms with E-state index in [0.29, 0.717) is 11.7 Å². The first-order valence-corrected chi connectivity index (χ1v) is 6.46. The van der Waals surface area contributed by atoms with E-state index in [-0.39, 0.29) is 0 Å². The monoisotopic (exact) mass is 254 g/mol. The van der Waals surface area contributed by atoms with E-state index in [0.717, 1.165) is 37.0 Å². The topological polar surface area (TPSA) is 49.4 Å². The molecule has 0 spiro atoms.